The molecular weight excluding hydrogens is 286 g/mol. The van der Waals surface area contributed by atoms with Crippen LogP contribution < -0.4 is 4.74 Å². The van der Waals surface area contributed by atoms with Gasteiger partial charge in [0, 0.05) is 19.4 Å². The molecule has 0 saturated carbocycles. The summed E-state index contributed by atoms with van der Waals surface area (Å²) in [5.41, 5.74) is 0.106. The first kappa shape index (κ1) is 14.8. The van der Waals surface area contributed by atoms with E-state index < -0.39 is 17.7 Å². The summed E-state index contributed by atoms with van der Waals surface area (Å²) in [4.78, 5) is 28.4. The van der Waals surface area contributed by atoms with E-state index in [1.165, 1.54) is 0 Å². The van der Waals surface area contributed by atoms with Crippen molar-refractivity contribution in [2.24, 2.45) is 0 Å². The summed E-state index contributed by atoms with van der Waals surface area (Å²) in [7, 11) is 1.61. The maximum Gasteiger partial charge on any atom is 0.436 e. The highest BCUT2D eigenvalue weighted by molar-refractivity contribution is 6.30. The zero-order valence-corrected chi connectivity index (χ0v) is 12.5. The highest BCUT2D eigenvalue weighted by atomic mass is 16.8. The minimum atomic E-state index is -0.938. The maximum absolute atomic E-state index is 11.7. The molecule has 1 atom stereocenters. The molecule has 1 unspecified atom stereocenters. The Labute approximate surface area is 128 Å². The van der Waals surface area contributed by atoms with Gasteiger partial charge in [0.25, 0.3) is 0 Å². The largest absolute Gasteiger partial charge is 0.497 e. The number of ether oxygens (including phenoxy) is 2. The fourth-order valence-corrected chi connectivity index (χ4v) is 3.02. The van der Waals surface area contributed by atoms with Gasteiger partial charge in [-0.2, -0.15) is 0 Å². The fourth-order valence-electron chi connectivity index (χ4n) is 3.02. The second kappa shape index (κ2) is 5.96. The van der Waals surface area contributed by atoms with Crippen LogP contribution in [0.5, 0.6) is 5.75 Å². The minimum Gasteiger partial charge on any atom is -0.497 e. The zero-order valence-electron chi connectivity index (χ0n) is 12.5. The number of rotatable bonds is 3. The number of hydrogen-bond acceptors (Lipinski definition) is 6. The van der Waals surface area contributed by atoms with Crippen molar-refractivity contribution in [1.82, 2.24) is 5.06 Å². The summed E-state index contributed by atoms with van der Waals surface area (Å²) in [6.07, 6.45) is 4.00. The molecule has 22 heavy (non-hydrogen) atoms. The van der Waals surface area contributed by atoms with Crippen LogP contribution in [-0.4, -0.2) is 36.4 Å². The first-order valence-corrected chi connectivity index (χ1v) is 7.49. The third kappa shape index (κ3) is 2.78. The standard InChI is InChI=1S/C16H19NO5/c1-20-13-7-5-12(6-8-13)11-16-9-3-2-4-10-17(16)22-15(19)14(18)21-16/h5-8H,2-4,9-11H2,1H3. The zero-order chi connectivity index (χ0) is 15.6. The molecule has 2 fully saturated rings. The molecule has 6 nitrogen and oxygen atoms in total. The van der Waals surface area contributed by atoms with Crippen molar-refractivity contribution in [1.29, 1.82) is 0 Å². The van der Waals surface area contributed by atoms with Crippen molar-refractivity contribution >= 4 is 11.9 Å². The lowest BCUT2D eigenvalue weighted by Crippen LogP contribution is -2.59. The highest BCUT2D eigenvalue weighted by Crippen LogP contribution is 2.35. The minimum absolute atomic E-state index is 0.482. The van der Waals surface area contributed by atoms with Crippen molar-refractivity contribution in [2.45, 2.75) is 37.8 Å². The van der Waals surface area contributed by atoms with Crippen LogP contribution in [0.25, 0.3) is 0 Å². The van der Waals surface area contributed by atoms with Gasteiger partial charge in [-0.25, -0.2) is 9.59 Å². The van der Waals surface area contributed by atoms with Crippen molar-refractivity contribution in [3.05, 3.63) is 29.8 Å². The number of methoxy groups -OCH3 is 1. The van der Waals surface area contributed by atoms with Gasteiger partial charge in [-0.1, -0.05) is 23.6 Å². The summed E-state index contributed by atoms with van der Waals surface area (Å²) in [6, 6.07) is 7.59. The molecule has 118 valence electrons. The third-order valence-corrected chi connectivity index (χ3v) is 4.17. The Bertz CT molecular complexity index is 570. The Hall–Kier alpha value is -2.08. The van der Waals surface area contributed by atoms with Gasteiger partial charge in [-0.3, -0.25) is 0 Å². The topological polar surface area (TPSA) is 65.1 Å². The molecule has 0 amide bonds. The number of esters is 1. The Kier molecular flexibility index (Phi) is 4.02. The van der Waals surface area contributed by atoms with Gasteiger partial charge in [0.05, 0.1) is 7.11 Å². The van der Waals surface area contributed by atoms with E-state index in [2.05, 4.69) is 0 Å². The van der Waals surface area contributed by atoms with Crippen LogP contribution in [0, 0.1) is 0 Å². The number of nitrogens with zero attached hydrogens (tertiary/aromatic N) is 1. The fraction of sp³-hybridized carbons (Fsp3) is 0.500. The van der Waals surface area contributed by atoms with E-state index in [-0.39, 0.29) is 0 Å². The van der Waals surface area contributed by atoms with Gasteiger partial charge >= 0.3 is 11.9 Å². The predicted molar refractivity (Wildman–Crippen MR) is 76.8 cm³/mol. The summed E-state index contributed by atoms with van der Waals surface area (Å²) < 4.78 is 10.7. The molecule has 6 heteroatoms. The summed E-state index contributed by atoms with van der Waals surface area (Å²) >= 11 is 0. The van der Waals surface area contributed by atoms with Crippen molar-refractivity contribution in [3.63, 3.8) is 0 Å². The molecule has 2 aliphatic heterocycles. The highest BCUT2D eigenvalue weighted by Gasteiger charge is 2.50. The van der Waals surface area contributed by atoms with Gasteiger partial charge in [-0.15, -0.1) is 0 Å². The van der Waals surface area contributed by atoms with Gasteiger partial charge in [0.2, 0.25) is 5.72 Å². The molecule has 2 aliphatic rings. The average molecular weight is 305 g/mol. The SMILES string of the molecule is COc1ccc(CC23CCCCCN2OC(=O)C(=O)O3)cc1. The van der Waals surface area contributed by atoms with E-state index in [1.807, 2.05) is 24.3 Å². The summed E-state index contributed by atoms with van der Waals surface area (Å²) in [6.45, 7) is 0.579. The smallest absolute Gasteiger partial charge is 0.436 e. The molecule has 0 aliphatic carbocycles. The van der Waals surface area contributed by atoms with Crippen molar-refractivity contribution in [2.75, 3.05) is 13.7 Å². The van der Waals surface area contributed by atoms with E-state index >= 15 is 0 Å². The van der Waals surface area contributed by atoms with Crippen LogP contribution in [0.4, 0.5) is 0 Å². The van der Waals surface area contributed by atoms with E-state index in [4.69, 9.17) is 14.3 Å². The third-order valence-electron chi connectivity index (χ3n) is 4.17. The quantitative estimate of drug-likeness (QED) is 0.627. The molecule has 1 aromatic rings. The van der Waals surface area contributed by atoms with Gasteiger partial charge < -0.3 is 14.3 Å². The Morgan fingerprint density at radius 2 is 1.91 bits per heavy atom. The normalized spacial score (nSPS) is 25.7. The molecule has 1 aromatic carbocycles. The Morgan fingerprint density at radius 1 is 1.14 bits per heavy atom. The Morgan fingerprint density at radius 3 is 2.64 bits per heavy atom. The van der Waals surface area contributed by atoms with Crippen LogP contribution >= 0.6 is 0 Å². The number of carbonyl (C=O) groups is 2. The van der Waals surface area contributed by atoms with Crippen molar-refractivity contribution < 1.29 is 23.9 Å². The van der Waals surface area contributed by atoms with E-state index in [1.54, 1.807) is 12.2 Å². The van der Waals surface area contributed by atoms with Crippen LogP contribution in [-0.2, 0) is 25.6 Å². The van der Waals surface area contributed by atoms with Crippen LogP contribution in [0.2, 0.25) is 0 Å². The first-order valence-electron chi connectivity index (χ1n) is 7.49. The number of fused-ring (bicyclic) bond motifs is 1. The number of benzene rings is 1. The summed E-state index contributed by atoms with van der Waals surface area (Å²) in [5.74, 6) is -1.08. The maximum atomic E-state index is 11.7. The van der Waals surface area contributed by atoms with Gasteiger partial charge in [0.15, 0.2) is 0 Å². The number of hydroxylamine groups is 2. The molecule has 0 bridgehead atoms. The molecule has 2 saturated heterocycles. The molecule has 2 heterocycles. The average Bonchev–Trinajstić information content (AvgIpc) is 2.71. The van der Waals surface area contributed by atoms with E-state index in [0.717, 1.165) is 30.6 Å². The van der Waals surface area contributed by atoms with E-state index in [9.17, 15) is 9.59 Å². The Balaban J connectivity index is 1.87. The van der Waals surface area contributed by atoms with Gasteiger partial charge in [0.1, 0.15) is 5.75 Å². The molecule has 0 radical (unpaired) electrons. The van der Waals surface area contributed by atoms with Gasteiger partial charge in [-0.05, 0) is 30.5 Å². The van der Waals surface area contributed by atoms with Crippen LogP contribution in [0.15, 0.2) is 24.3 Å². The lowest BCUT2D eigenvalue weighted by molar-refractivity contribution is -0.307. The molecule has 0 aromatic heterocycles. The second-order valence-electron chi connectivity index (χ2n) is 5.65. The lowest BCUT2D eigenvalue weighted by atomic mass is 9.97. The predicted octanol–water partition coefficient (Wildman–Crippen LogP) is 1.82. The molecular formula is C16H19NO5. The lowest BCUT2D eigenvalue weighted by Gasteiger charge is -2.42. The first-order chi connectivity index (χ1) is 10.6. The second-order valence-corrected chi connectivity index (χ2v) is 5.65. The van der Waals surface area contributed by atoms with Crippen LogP contribution in [0.1, 0.15) is 31.2 Å². The number of hydrogen-bond donors (Lipinski definition) is 0. The monoisotopic (exact) mass is 305 g/mol. The number of carbonyl (C=O) groups excluding carboxylic acids is 2. The van der Waals surface area contributed by atoms with Crippen molar-refractivity contribution in [3.8, 4) is 5.75 Å². The molecule has 3 rings (SSSR count). The van der Waals surface area contributed by atoms with E-state index in [0.29, 0.717) is 19.4 Å². The van der Waals surface area contributed by atoms with Crippen LogP contribution in [0.3, 0.4) is 0 Å². The molecule has 0 N–H and O–H groups in total. The molecule has 0 spiro atoms. The summed E-state index contributed by atoms with van der Waals surface area (Å²) in [5, 5.41) is 1.55.